The maximum Gasteiger partial charge on any atom is 0.416 e. The summed E-state index contributed by atoms with van der Waals surface area (Å²) in [6.45, 7) is 0. The number of hydrogen-bond acceptors (Lipinski definition) is 4. The average Bonchev–Trinajstić information content (AvgIpc) is 2.33. The predicted octanol–water partition coefficient (Wildman–Crippen LogP) is 2.25. The first kappa shape index (κ1) is 14.0. The highest BCUT2D eigenvalue weighted by Gasteiger charge is 2.30. The zero-order valence-corrected chi connectivity index (χ0v) is 10.1. The number of carbonyl (C=O) groups is 1. The maximum atomic E-state index is 12.6. The summed E-state index contributed by atoms with van der Waals surface area (Å²) >= 11 is 0. The van der Waals surface area contributed by atoms with Crippen LogP contribution in [0.4, 0.5) is 19.1 Å². The second-order valence-corrected chi connectivity index (χ2v) is 4.15. The minimum atomic E-state index is -4.48. The number of rotatable bonds is 3. The van der Waals surface area contributed by atoms with Crippen LogP contribution in [0, 0.1) is 0 Å². The fraction of sp³-hybridized carbons (Fsp3) is 0.250. The van der Waals surface area contributed by atoms with Gasteiger partial charge >= 0.3 is 12.1 Å². The fourth-order valence-electron chi connectivity index (χ4n) is 1.81. The number of halogens is 3. The van der Waals surface area contributed by atoms with Crippen molar-refractivity contribution >= 4 is 22.8 Å². The van der Waals surface area contributed by atoms with E-state index in [0.29, 0.717) is 11.1 Å². The zero-order chi connectivity index (χ0) is 14.9. The minimum absolute atomic E-state index is 0.0488. The van der Waals surface area contributed by atoms with Crippen LogP contribution < -0.4 is 5.73 Å². The molecule has 1 aromatic heterocycles. The van der Waals surface area contributed by atoms with Crippen LogP contribution in [0.1, 0.15) is 17.7 Å². The first-order valence-electron chi connectivity index (χ1n) is 5.62. The van der Waals surface area contributed by atoms with Gasteiger partial charge in [-0.3, -0.25) is 4.79 Å². The molecule has 0 amide bonds. The van der Waals surface area contributed by atoms with E-state index in [-0.39, 0.29) is 24.3 Å². The summed E-state index contributed by atoms with van der Waals surface area (Å²) in [7, 11) is 0. The van der Waals surface area contributed by atoms with Crippen molar-refractivity contribution in [3.8, 4) is 0 Å². The quantitative estimate of drug-likeness (QED) is 0.902. The van der Waals surface area contributed by atoms with E-state index >= 15 is 0 Å². The molecule has 1 heterocycles. The Morgan fingerprint density at radius 3 is 2.60 bits per heavy atom. The lowest BCUT2D eigenvalue weighted by atomic mass is 10.1. The van der Waals surface area contributed by atoms with E-state index in [0.717, 1.165) is 12.1 Å². The highest BCUT2D eigenvalue weighted by molar-refractivity contribution is 5.83. The molecule has 0 aliphatic heterocycles. The molecule has 3 N–H and O–H groups in total. The van der Waals surface area contributed by atoms with Crippen molar-refractivity contribution in [3.05, 3.63) is 29.5 Å². The lowest BCUT2D eigenvalue weighted by Gasteiger charge is -2.10. The van der Waals surface area contributed by atoms with Crippen LogP contribution in [0.15, 0.2) is 18.2 Å². The first-order chi connectivity index (χ1) is 9.27. The predicted molar refractivity (Wildman–Crippen MR) is 64.9 cm³/mol. The van der Waals surface area contributed by atoms with Crippen LogP contribution in [-0.2, 0) is 17.4 Å². The summed E-state index contributed by atoms with van der Waals surface area (Å²) < 4.78 is 37.9. The molecule has 0 aliphatic carbocycles. The van der Waals surface area contributed by atoms with Crippen molar-refractivity contribution in [1.82, 2.24) is 9.97 Å². The van der Waals surface area contributed by atoms with Crippen LogP contribution in [-0.4, -0.2) is 21.0 Å². The summed E-state index contributed by atoms with van der Waals surface area (Å²) in [6.07, 6.45) is -4.59. The van der Waals surface area contributed by atoms with Gasteiger partial charge in [0, 0.05) is 11.8 Å². The van der Waals surface area contributed by atoms with E-state index in [4.69, 9.17) is 10.8 Å². The first-order valence-corrected chi connectivity index (χ1v) is 5.62. The largest absolute Gasteiger partial charge is 0.481 e. The van der Waals surface area contributed by atoms with Gasteiger partial charge in [-0.25, -0.2) is 9.97 Å². The number of benzene rings is 1. The van der Waals surface area contributed by atoms with Crippen LogP contribution in [0.25, 0.3) is 10.9 Å². The molecule has 0 bridgehead atoms. The number of nitrogens with zero attached hydrogens (tertiary/aromatic N) is 2. The topological polar surface area (TPSA) is 89.1 Å². The molecule has 2 rings (SSSR count). The number of fused-ring (bicyclic) bond motifs is 1. The number of aromatic nitrogens is 2. The van der Waals surface area contributed by atoms with E-state index in [1.165, 1.54) is 6.07 Å². The number of alkyl halides is 3. The second kappa shape index (κ2) is 4.95. The smallest absolute Gasteiger partial charge is 0.416 e. The van der Waals surface area contributed by atoms with Gasteiger partial charge in [-0.2, -0.15) is 13.2 Å². The number of anilines is 1. The zero-order valence-electron chi connectivity index (χ0n) is 10.1. The standard InChI is InChI=1S/C12H10F3N3O2/c13-12(14,15)6-1-2-7-8(3-4-10(19)20)17-11(16)18-9(7)5-6/h1-2,5H,3-4H2,(H,19,20)(H2,16,17,18). The third kappa shape index (κ3) is 2.95. The van der Waals surface area contributed by atoms with Gasteiger partial charge in [0.25, 0.3) is 0 Å². The molecular formula is C12H10F3N3O2. The van der Waals surface area contributed by atoms with Gasteiger partial charge in [0.05, 0.1) is 23.2 Å². The van der Waals surface area contributed by atoms with Crippen molar-refractivity contribution in [2.75, 3.05) is 5.73 Å². The van der Waals surface area contributed by atoms with Crippen molar-refractivity contribution in [3.63, 3.8) is 0 Å². The molecule has 0 spiro atoms. The lowest BCUT2D eigenvalue weighted by Crippen LogP contribution is -2.07. The van der Waals surface area contributed by atoms with Gasteiger partial charge in [-0.1, -0.05) is 6.07 Å². The molecule has 8 heteroatoms. The van der Waals surface area contributed by atoms with E-state index < -0.39 is 17.7 Å². The third-order valence-electron chi connectivity index (χ3n) is 2.70. The highest BCUT2D eigenvalue weighted by atomic mass is 19.4. The van der Waals surface area contributed by atoms with Crippen LogP contribution >= 0.6 is 0 Å². The highest BCUT2D eigenvalue weighted by Crippen LogP contribution is 2.31. The number of carboxylic acids is 1. The molecule has 0 saturated carbocycles. The Bertz CT molecular complexity index is 671. The maximum absolute atomic E-state index is 12.6. The van der Waals surface area contributed by atoms with Crippen LogP contribution in [0.5, 0.6) is 0 Å². The van der Waals surface area contributed by atoms with Crippen molar-refractivity contribution in [1.29, 1.82) is 0 Å². The number of nitrogen functional groups attached to an aromatic ring is 1. The number of aliphatic carboxylic acids is 1. The van der Waals surface area contributed by atoms with Crippen molar-refractivity contribution < 1.29 is 23.1 Å². The molecule has 20 heavy (non-hydrogen) atoms. The Hall–Kier alpha value is -2.38. The summed E-state index contributed by atoms with van der Waals surface area (Å²) in [5.41, 5.74) is 4.97. The van der Waals surface area contributed by atoms with Crippen molar-refractivity contribution in [2.45, 2.75) is 19.0 Å². The number of aryl methyl sites for hydroxylation is 1. The third-order valence-corrected chi connectivity index (χ3v) is 2.70. The van der Waals surface area contributed by atoms with E-state index in [9.17, 15) is 18.0 Å². The Balaban J connectivity index is 2.52. The summed E-state index contributed by atoms with van der Waals surface area (Å²) in [5, 5.41) is 9.01. The molecule has 5 nitrogen and oxygen atoms in total. The minimum Gasteiger partial charge on any atom is -0.481 e. The van der Waals surface area contributed by atoms with Gasteiger partial charge in [-0.15, -0.1) is 0 Å². The molecule has 0 unspecified atom stereocenters. The Morgan fingerprint density at radius 2 is 2.00 bits per heavy atom. The molecular weight excluding hydrogens is 275 g/mol. The van der Waals surface area contributed by atoms with Gasteiger partial charge in [0.1, 0.15) is 0 Å². The fourth-order valence-corrected chi connectivity index (χ4v) is 1.81. The van der Waals surface area contributed by atoms with E-state index in [1.54, 1.807) is 0 Å². The van der Waals surface area contributed by atoms with Crippen LogP contribution in [0.3, 0.4) is 0 Å². The summed E-state index contributed by atoms with van der Waals surface area (Å²) in [6, 6.07) is 3.01. The second-order valence-electron chi connectivity index (χ2n) is 4.15. The summed E-state index contributed by atoms with van der Waals surface area (Å²) in [5.74, 6) is -1.21. The van der Waals surface area contributed by atoms with Gasteiger partial charge < -0.3 is 10.8 Å². The lowest BCUT2D eigenvalue weighted by molar-refractivity contribution is -0.138. The Morgan fingerprint density at radius 1 is 1.30 bits per heavy atom. The SMILES string of the molecule is Nc1nc(CCC(=O)O)c2ccc(C(F)(F)F)cc2n1. The monoisotopic (exact) mass is 285 g/mol. The number of nitrogens with two attached hydrogens (primary N) is 1. The van der Waals surface area contributed by atoms with Gasteiger partial charge in [0.15, 0.2) is 0 Å². The van der Waals surface area contributed by atoms with Crippen molar-refractivity contribution in [2.24, 2.45) is 0 Å². The molecule has 1 aromatic carbocycles. The summed E-state index contributed by atoms with van der Waals surface area (Å²) in [4.78, 5) is 18.2. The normalized spacial score (nSPS) is 11.8. The molecule has 0 radical (unpaired) electrons. The van der Waals surface area contributed by atoms with Crippen LogP contribution in [0.2, 0.25) is 0 Å². The number of hydrogen-bond donors (Lipinski definition) is 2. The number of carboxylic acid groups (broad SMARTS) is 1. The Kier molecular flexibility index (Phi) is 3.47. The van der Waals surface area contributed by atoms with E-state index in [1.807, 2.05) is 0 Å². The molecule has 0 atom stereocenters. The molecule has 2 aromatic rings. The van der Waals surface area contributed by atoms with E-state index in [2.05, 4.69) is 9.97 Å². The molecule has 0 saturated heterocycles. The molecule has 0 fully saturated rings. The molecule has 106 valence electrons. The Labute approximate surface area is 111 Å². The van der Waals surface area contributed by atoms with Gasteiger partial charge in [0.2, 0.25) is 5.95 Å². The van der Waals surface area contributed by atoms with Gasteiger partial charge in [-0.05, 0) is 12.1 Å². The molecule has 0 aliphatic rings. The average molecular weight is 285 g/mol.